The lowest BCUT2D eigenvalue weighted by Crippen LogP contribution is -2.46. The monoisotopic (exact) mass is 317 g/mol. The molecule has 0 aliphatic heterocycles. The fraction of sp³-hybridized carbons (Fsp3) is 0.714. The first-order valence-corrected chi connectivity index (χ1v) is 8.66. The van der Waals surface area contributed by atoms with Gasteiger partial charge in [-0.15, -0.1) is 0 Å². The second kappa shape index (κ2) is 7.40. The maximum atomic E-state index is 12.5. The highest BCUT2D eigenvalue weighted by Crippen LogP contribution is 2.17. The van der Waals surface area contributed by atoms with Crippen LogP contribution in [-0.4, -0.2) is 38.8 Å². The van der Waals surface area contributed by atoms with Crippen molar-refractivity contribution in [1.29, 1.82) is 0 Å². The predicted molar refractivity (Wildman–Crippen MR) is 83.8 cm³/mol. The minimum Gasteiger partial charge on any atom is -0.383 e. The van der Waals surface area contributed by atoms with E-state index in [9.17, 15) is 8.42 Å². The molecule has 0 fully saturated rings. The van der Waals surface area contributed by atoms with Crippen molar-refractivity contribution in [2.24, 2.45) is 0 Å². The molecule has 0 radical (unpaired) electrons. The Balaban J connectivity index is 3.00. The second-order valence-corrected chi connectivity index (χ2v) is 7.34. The highest BCUT2D eigenvalue weighted by atomic mass is 32.2. The Kier molecular flexibility index (Phi) is 6.40. The van der Waals surface area contributed by atoms with E-state index < -0.39 is 15.6 Å². The molecule has 0 bridgehead atoms. The molecule has 0 atom stereocenters. The molecule has 0 aliphatic rings. The summed E-state index contributed by atoms with van der Waals surface area (Å²) >= 11 is 0. The maximum Gasteiger partial charge on any atom is 0.242 e. The molecule has 6 nitrogen and oxygen atoms in total. The van der Waals surface area contributed by atoms with Crippen LogP contribution in [0.15, 0.2) is 17.2 Å². The molecule has 1 heterocycles. The largest absolute Gasteiger partial charge is 0.383 e. The summed E-state index contributed by atoms with van der Waals surface area (Å²) in [6.45, 7) is 10.1. The van der Waals surface area contributed by atoms with Crippen molar-refractivity contribution in [1.82, 2.24) is 14.6 Å². The molecule has 0 aromatic carbocycles. The van der Waals surface area contributed by atoms with E-state index >= 15 is 0 Å². The highest BCUT2D eigenvalue weighted by Gasteiger charge is 2.27. The van der Waals surface area contributed by atoms with E-state index in [0.717, 1.165) is 18.8 Å². The summed E-state index contributed by atoms with van der Waals surface area (Å²) in [7, 11) is -2.00. The van der Waals surface area contributed by atoms with Crippen LogP contribution in [0.1, 0.15) is 33.4 Å². The van der Waals surface area contributed by atoms with Gasteiger partial charge in [-0.3, -0.25) is 0 Å². The first-order valence-electron chi connectivity index (χ1n) is 7.18. The zero-order valence-electron chi connectivity index (χ0n) is 13.6. The molecule has 0 saturated carbocycles. The third kappa shape index (κ3) is 5.10. The molecule has 7 heteroatoms. The zero-order chi connectivity index (χ0) is 16.1. The fourth-order valence-electron chi connectivity index (χ4n) is 2.18. The lowest BCUT2D eigenvalue weighted by Gasteiger charge is -2.24. The number of hydrogen-bond acceptors (Lipinski definition) is 4. The smallest absolute Gasteiger partial charge is 0.242 e. The van der Waals surface area contributed by atoms with Crippen LogP contribution in [0.25, 0.3) is 0 Å². The summed E-state index contributed by atoms with van der Waals surface area (Å²) in [6, 6.07) is 1.72. The molecule has 21 heavy (non-hydrogen) atoms. The summed E-state index contributed by atoms with van der Waals surface area (Å²) in [5, 5.41) is 3.22. The van der Waals surface area contributed by atoms with Gasteiger partial charge >= 0.3 is 0 Å². The standard InChI is InChI=1S/C14H27N3O3S/c1-6-15-9-12-8-13(10-17(12)7-2)21(18,19)16-14(3,4)11-20-5/h8,10,15-16H,6-7,9,11H2,1-5H3. The molecule has 122 valence electrons. The number of nitrogens with one attached hydrogen (secondary N) is 2. The van der Waals surface area contributed by atoms with E-state index in [1.165, 1.54) is 0 Å². The molecule has 0 amide bonds. The lowest BCUT2D eigenvalue weighted by atomic mass is 10.1. The van der Waals surface area contributed by atoms with Gasteiger partial charge in [0.05, 0.1) is 17.0 Å². The molecule has 0 aliphatic carbocycles. The van der Waals surface area contributed by atoms with Crippen molar-refractivity contribution < 1.29 is 13.2 Å². The SMILES string of the molecule is CCNCc1cc(S(=O)(=O)NC(C)(C)COC)cn1CC. The van der Waals surface area contributed by atoms with Crippen molar-refractivity contribution in [3.8, 4) is 0 Å². The Morgan fingerprint density at radius 1 is 1.33 bits per heavy atom. The van der Waals surface area contributed by atoms with Crippen molar-refractivity contribution in [2.45, 2.75) is 51.2 Å². The summed E-state index contributed by atoms with van der Waals surface area (Å²) in [6.07, 6.45) is 1.68. The molecule has 0 unspecified atom stereocenters. The molecule has 0 saturated heterocycles. The summed E-state index contributed by atoms with van der Waals surface area (Å²) in [5.74, 6) is 0. The van der Waals surface area contributed by atoms with Crippen LogP contribution >= 0.6 is 0 Å². The number of aromatic nitrogens is 1. The van der Waals surface area contributed by atoms with Crippen LogP contribution in [-0.2, 0) is 27.8 Å². The normalized spacial score (nSPS) is 12.8. The van der Waals surface area contributed by atoms with Gasteiger partial charge in [0.1, 0.15) is 0 Å². The van der Waals surface area contributed by atoms with Gasteiger partial charge in [-0.25, -0.2) is 13.1 Å². The van der Waals surface area contributed by atoms with Crippen molar-refractivity contribution in [3.63, 3.8) is 0 Å². The Bertz CT molecular complexity index is 550. The van der Waals surface area contributed by atoms with E-state index in [-0.39, 0.29) is 0 Å². The quantitative estimate of drug-likeness (QED) is 0.720. The topological polar surface area (TPSA) is 72.4 Å². The average molecular weight is 317 g/mol. The van der Waals surface area contributed by atoms with Crippen LogP contribution in [0.5, 0.6) is 0 Å². The summed E-state index contributed by atoms with van der Waals surface area (Å²) in [5.41, 5.74) is 0.313. The number of sulfonamides is 1. The number of aryl methyl sites for hydroxylation is 1. The highest BCUT2D eigenvalue weighted by molar-refractivity contribution is 7.89. The average Bonchev–Trinajstić information content (AvgIpc) is 2.78. The second-order valence-electron chi connectivity index (χ2n) is 5.66. The third-order valence-corrected chi connectivity index (χ3v) is 4.75. The Morgan fingerprint density at radius 2 is 2.00 bits per heavy atom. The van der Waals surface area contributed by atoms with Gasteiger partial charge in [0.25, 0.3) is 0 Å². The van der Waals surface area contributed by atoms with Crippen molar-refractivity contribution in [3.05, 3.63) is 18.0 Å². The van der Waals surface area contributed by atoms with Gasteiger partial charge < -0.3 is 14.6 Å². The Labute approximate surface area is 127 Å². The van der Waals surface area contributed by atoms with Crippen LogP contribution in [0.2, 0.25) is 0 Å². The number of rotatable bonds is 9. The van der Waals surface area contributed by atoms with Gasteiger partial charge in [0, 0.05) is 32.1 Å². The molecule has 2 N–H and O–H groups in total. The molecule has 0 spiro atoms. The number of methoxy groups -OCH3 is 1. The van der Waals surface area contributed by atoms with Crippen LogP contribution in [0.3, 0.4) is 0 Å². The van der Waals surface area contributed by atoms with Crippen molar-refractivity contribution in [2.75, 3.05) is 20.3 Å². The Hall–Kier alpha value is -0.890. The van der Waals surface area contributed by atoms with E-state index in [1.54, 1.807) is 33.2 Å². The van der Waals surface area contributed by atoms with Gasteiger partial charge in [-0.05, 0) is 33.4 Å². The Morgan fingerprint density at radius 3 is 2.52 bits per heavy atom. The van der Waals surface area contributed by atoms with E-state index in [1.807, 2.05) is 18.4 Å². The van der Waals surface area contributed by atoms with Crippen LogP contribution < -0.4 is 10.0 Å². The minimum absolute atomic E-state index is 0.293. The molecular weight excluding hydrogens is 290 g/mol. The van der Waals surface area contributed by atoms with Gasteiger partial charge in [-0.2, -0.15) is 0 Å². The number of nitrogens with zero attached hydrogens (tertiary/aromatic N) is 1. The molecule has 1 aromatic heterocycles. The van der Waals surface area contributed by atoms with E-state index in [0.29, 0.717) is 18.0 Å². The zero-order valence-corrected chi connectivity index (χ0v) is 14.4. The first kappa shape index (κ1) is 18.2. The summed E-state index contributed by atoms with van der Waals surface area (Å²) in [4.78, 5) is 0.293. The molecule has 1 rings (SSSR count). The fourth-order valence-corrected chi connectivity index (χ4v) is 3.64. The van der Waals surface area contributed by atoms with Crippen molar-refractivity contribution >= 4 is 10.0 Å². The maximum absolute atomic E-state index is 12.5. The number of hydrogen-bond donors (Lipinski definition) is 2. The van der Waals surface area contributed by atoms with Crippen LogP contribution in [0.4, 0.5) is 0 Å². The molecular formula is C14H27N3O3S. The third-order valence-electron chi connectivity index (χ3n) is 3.08. The van der Waals surface area contributed by atoms with Gasteiger partial charge in [0.2, 0.25) is 10.0 Å². The summed E-state index contributed by atoms with van der Waals surface area (Å²) < 4.78 is 34.6. The number of ether oxygens (including phenoxy) is 1. The molecule has 1 aromatic rings. The van der Waals surface area contributed by atoms with E-state index in [4.69, 9.17) is 4.74 Å². The van der Waals surface area contributed by atoms with Crippen LogP contribution in [0, 0.1) is 0 Å². The first-order chi connectivity index (χ1) is 9.75. The van der Waals surface area contributed by atoms with Gasteiger partial charge in [0.15, 0.2) is 0 Å². The van der Waals surface area contributed by atoms with Gasteiger partial charge in [-0.1, -0.05) is 6.92 Å². The predicted octanol–water partition coefficient (Wildman–Crippen LogP) is 1.32. The minimum atomic E-state index is -3.56. The van der Waals surface area contributed by atoms with E-state index in [2.05, 4.69) is 10.0 Å². The lowest BCUT2D eigenvalue weighted by molar-refractivity contribution is 0.141.